The van der Waals surface area contributed by atoms with Crippen LogP contribution in [0.2, 0.25) is 0 Å². The maximum Gasteiger partial charge on any atom is 0.230 e. The van der Waals surface area contributed by atoms with Crippen LogP contribution in [0.3, 0.4) is 0 Å². The number of pyridine rings is 1. The van der Waals surface area contributed by atoms with Crippen molar-refractivity contribution in [3.05, 3.63) is 84.7 Å². The van der Waals surface area contributed by atoms with Gasteiger partial charge in [0.1, 0.15) is 0 Å². The number of amides is 1. The minimum atomic E-state index is -0.157. The average Bonchev–Trinajstić information content (AvgIpc) is 3.37. The van der Waals surface area contributed by atoms with Crippen LogP contribution in [0.5, 0.6) is 0 Å². The Bertz CT molecular complexity index is 963. The van der Waals surface area contributed by atoms with E-state index in [2.05, 4.69) is 22.4 Å². The lowest BCUT2D eigenvalue weighted by atomic mass is 9.75. The minimum absolute atomic E-state index is 0. The largest absolute Gasteiger partial charge is 0.373 e. The summed E-state index contributed by atoms with van der Waals surface area (Å²) in [6, 6.07) is 22.3. The van der Waals surface area contributed by atoms with Gasteiger partial charge in [0.25, 0.3) is 0 Å². The molecule has 28 heavy (non-hydrogen) atoms. The summed E-state index contributed by atoms with van der Waals surface area (Å²) < 4.78 is 6.11. The summed E-state index contributed by atoms with van der Waals surface area (Å²) in [5.41, 5.74) is 4.26. The summed E-state index contributed by atoms with van der Waals surface area (Å²) in [6.45, 7) is 0. The SMILES string of the molecule is O=C(Nc1ccc(-c2ccccc2)cc1)[C@@H]1[C@@H](c2ccncc2)[C@@H]2CC[C@H]1O2.[HH]. The third-order valence-corrected chi connectivity index (χ3v) is 5.93. The van der Waals surface area contributed by atoms with Crippen molar-refractivity contribution in [1.29, 1.82) is 0 Å². The number of benzene rings is 2. The van der Waals surface area contributed by atoms with Crippen LogP contribution in [-0.2, 0) is 9.53 Å². The second-order valence-corrected chi connectivity index (χ2v) is 7.56. The standard InChI is InChI=1S/C24H22N2O2.H2/c27-24(26-19-8-6-17(7-9-19)16-4-2-1-3-5-16)23-21-11-10-20(28-21)22(23)18-12-14-25-15-13-18;/h1-9,12-15,20-23H,10-11H2,(H,26,27);1H/t20-,21+,22-,23-;/m0./s1. The molecule has 0 unspecified atom stereocenters. The molecule has 1 aromatic heterocycles. The van der Waals surface area contributed by atoms with Crippen LogP contribution in [-0.4, -0.2) is 23.1 Å². The third kappa shape index (κ3) is 3.10. The van der Waals surface area contributed by atoms with E-state index in [1.165, 1.54) is 5.56 Å². The number of aromatic nitrogens is 1. The molecule has 1 amide bonds. The molecule has 4 nitrogen and oxygen atoms in total. The highest BCUT2D eigenvalue weighted by Gasteiger charge is 2.52. The van der Waals surface area contributed by atoms with Gasteiger partial charge in [-0.3, -0.25) is 9.78 Å². The lowest BCUT2D eigenvalue weighted by molar-refractivity contribution is -0.121. The molecular formula is C24H24N2O2. The zero-order valence-electron chi connectivity index (χ0n) is 15.5. The Morgan fingerprint density at radius 2 is 1.57 bits per heavy atom. The number of nitrogens with one attached hydrogen (secondary N) is 1. The zero-order valence-corrected chi connectivity index (χ0v) is 15.5. The second kappa shape index (κ2) is 7.21. The van der Waals surface area contributed by atoms with E-state index in [4.69, 9.17) is 4.74 Å². The van der Waals surface area contributed by atoms with E-state index in [1.54, 1.807) is 12.4 Å². The maximum absolute atomic E-state index is 13.1. The lowest BCUT2D eigenvalue weighted by Crippen LogP contribution is -2.36. The summed E-state index contributed by atoms with van der Waals surface area (Å²) in [5.74, 6) is -0.0123. The van der Waals surface area contributed by atoms with Crippen LogP contribution < -0.4 is 5.32 Å². The Balaban J connectivity index is 0.00000205. The first-order valence-electron chi connectivity index (χ1n) is 9.81. The van der Waals surface area contributed by atoms with Crippen LogP contribution in [0.1, 0.15) is 25.7 Å². The van der Waals surface area contributed by atoms with Gasteiger partial charge in [0.15, 0.2) is 0 Å². The number of carbonyl (C=O) groups is 1. The Morgan fingerprint density at radius 1 is 0.893 bits per heavy atom. The van der Waals surface area contributed by atoms with E-state index in [0.717, 1.165) is 29.7 Å². The Hall–Kier alpha value is -2.98. The topological polar surface area (TPSA) is 51.2 Å². The molecule has 5 rings (SSSR count). The Kier molecular flexibility index (Phi) is 4.41. The predicted octanol–water partition coefficient (Wildman–Crippen LogP) is 4.89. The molecule has 2 aromatic carbocycles. The molecule has 0 aliphatic carbocycles. The molecule has 4 atom stereocenters. The van der Waals surface area contributed by atoms with Gasteiger partial charge < -0.3 is 10.1 Å². The first-order chi connectivity index (χ1) is 13.8. The smallest absolute Gasteiger partial charge is 0.230 e. The molecule has 2 saturated heterocycles. The fraction of sp³-hybridized carbons (Fsp3) is 0.250. The second-order valence-electron chi connectivity index (χ2n) is 7.56. The predicted molar refractivity (Wildman–Crippen MR) is 111 cm³/mol. The quantitative estimate of drug-likeness (QED) is 0.709. The fourth-order valence-corrected chi connectivity index (χ4v) is 4.62. The molecule has 2 aliphatic rings. The van der Waals surface area contributed by atoms with E-state index >= 15 is 0 Å². The summed E-state index contributed by atoms with van der Waals surface area (Å²) in [7, 11) is 0. The highest BCUT2D eigenvalue weighted by molar-refractivity contribution is 5.94. The normalized spacial score (nSPS) is 25.6. The number of hydrogen-bond donors (Lipinski definition) is 1. The van der Waals surface area contributed by atoms with E-state index in [0.29, 0.717) is 0 Å². The molecular weight excluding hydrogens is 348 g/mol. The van der Waals surface area contributed by atoms with Crippen LogP contribution >= 0.6 is 0 Å². The van der Waals surface area contributed by atoms with E-state index in [1.807, 2.05) is 54.6 Å². The molecule has 0 radical (unpaired) electrons. The van der Waals surface area contributed by atoms with Crippen molar-refractivity contribution < 1.29 is 11.0 Å². The summed E-state index contributed by atoms with van der Waals surface area (Å²) in [6.07, 6.45) is 5.69. The van der Waals surface area contributed by atoms with E-state index < -0.39 is 0 Å². The molecule has 2 aliphatic heterocycles. The monoisotopic (exact) mass is 372 g/mol. The molecule has 3 aromatic rings. The minimum Gasteiger partial charge on any atom is -0.373 e. The van der Waals surface area contributed by atoms with Crippen molar-refractivity contribution in [3.8, 4) is 11.1 Å². The Morgan fingerprint density at radius 3 is 2.32 bits per heavy atom. The van der Waals surface area contributed by atoms with Crippen LogP contribution in [0.25, 0.3) is 11.1 Å². The zero-order chi connectivity index (χ0) is 18.9. The summed E-state index contributed by atoms with van der Waals surface area (Å²) >= 11 is 0. The lowest BCUT2D eigenvalue weighted by Gasteiger charge is -2.27. The van der Waals surface area contributed by atoms with Gasteiger partial charge in [0.2, 0.25) is 5.91 Å². The first-order valence-corrected chi connectivity index (χ1v) is 9.81. The van der Waals surface area contributed by atoms with Gasteiger partial charge in [0, 0.05) is 25.4 Å². The van der Waals surface area contributed by atoms with Crippen molar-refractivity contribution in [3.63, 3.8) is 0 Å². The van der Waals surface area contributed by atoms with Crippen molar-refractivity contribution in [2.45, 2.75) is 31.0 Å². The van der Waals surface area contributed by atoms with Gasteiger partial charge in [-0.1, -0.05) is 42.5 Å². The van der Waals surface area contributed by atoms with Crippen LogP contribution in [0.4, 0.5) is 5.69 Å². The molecule has 3 heterocycles. The first kappa shape index (κ1) is 17.1. The number of nitrogens with zero attached hydrogens (tertiary/aromatic N) is 1. The van der Waals surface area contributed by atoms with E-state index in [9.17, 15) is 4.79 Å². The number of fused-ring (bicyclic) bond motifs is 2. The third-order valence-electron chi connectivity index (χ3n) is 5.93. The van der Waals surface area contributed by atoms with Gasteiger partial charge in [-0.15, -0.1) is 0 Å². The summed E-state index contributed by atoms with van der Waals surface area (Å²) in [5, 5.41) is 3.11. The van der Waals surface area contributed by atoms with Crippen molar-refractivity contribution >= 4 is 11.6 Å². The van der Waals surface area contributed by atoms with Crippen LogP contribution in [0, 0.1) is 5.92 Å². The number of carbonyl (C=O) groups excluding carboxylic acids is 1. The van der Waals surface area contributed by atoms with Gasteiger partial charge in [-0.05, 0) is 53.8 Å². The molecule has 2 bridgehead atoms. The van der Waals surface area contributed by atoms with Crippen LogP contribution in [0.15, 0.2) is 79.1 Å². The molecule has 0 spiro atoms. The van der Waals surface area contributed by atoms with Gasteiger partial charge in [-0.2, -0.15) is 0 Å². The van der Waals surface area contributed by atoms with Crippen molar-refractivity contribution in [2.24, 2.45) is 5.92 Å². The molecule has 1 N–H and O–H groups in total. The molecule has 142 valence electrons. The number of rotatable bonds is 4. The highest BCUT2D eigenvalue weighted by Crippen LogP contribution is 2.49. The summed E-state index contributed by atoms with van der Waals surface area (Å²) in [4.78, 5) is 17.2. The number of ether oxygens (including phenoxy) is 1. The van der Waals surface area contributed by atoms with Crippen molar-refractivity contribution in [2.75, 3.05) is 5.32 Å². The molecule has 0 saturated carbocycles. The number of anilines is 1. The average molecular weight is 372 g/mol. The Labute approximate surface area is 166 Å². The maximum atomic E-state index is 13.1. The fourth-order valence-electron chi connectivity index (χ4n) is 4.62. The van der Waals surface area contributed by atoms with Gasteiger partial charge in [0.05, 0.1) is 18.1 Å². The van der Waals surface area contributed by atoms with Gasteiger partial charge >= 0.3 is 0 Å². The highest BCUT2D eigenvalue weighted by atomic mass is 16.5. The van der Waals surface area contributed by atoms with Gasteiger partial charge in [-0.25, -0.2) is 0 Å². The molecule has 2 fully saturated rings. The molecule has 4 heteroatoms. The van der Waals surface area contributed by atoms with E-state index in [-0.39, 0.29) is 31.4 Å². The number of hydrogen-bond acceptors (Lipinski definition) is 3. The van der Waals surface area contributed by atoms with Crippen molar-refractivity contribution in [1.82, 2.24) is 4.98 Å².